The molecule has 1 heterocycles. The number of phenols is 2. The fourth-order valence-electron chi connectivity index (χ4n) is 3.72. The molecule has 0 aliphatic carbocycles. The molecule has 0 fully saturated rings. The zero-order valence-corrected chi connectivity index (χ0v) is 24.6. The molecular formula is C32H49N3O5. The summed E-state index contributed by atoms with van der Waals surface area (Å²) in [5.74, 6) is 2.03. The van der Waals surface area contributed by atoms with Gasteiger partial charge in [0, 0.05) is 0 Å². The number of hydrogen-bond donors (Lipinski definition) is 2. The van der Waals surface area contributed by atoms with E-state index in [1.54, 1.807) is 48.8 Å². The first-order valence-electron chi connectivity index (χ1n) is 14.6. The molecule has 222 valence electrons. The van der Waals surface area contributed by atoms with Crippen LogP contribution in [0.1, 0.15) is 90.9 Å². The highest BCUT2D eigenvalue weighted by molar-refractivity contribution is 5.50. The Bertz CT molecular complexity index is 949. The number of phenolic OH excluding ortho intramolecular Hbond substituents is 2. The Hall–Kier alpha value is -3.55. The van der Waals surface area contributed by atoms with Crippen LogP contribution in [0.2, 0.25) is 0 Å². The number of para-hydroxylation sites is 3. The topological polar surface area (TPSA) is 107 Å². The van der Waals surface area contributed by atoms with Crippen molar-refractivity contribution in [1.82, 2.24) is 15.4 Å². The third-order valence-corrected chi connectivity index (χ3v) is 5.95. The van der Waals surface area contributed by atoms with Gasteiger partial charge in [-0.1, -0.05) is 96.3 Å². The molecule has 0 amide bonds. The molecule has 40 heavy (non-hydrogen) atoms. The molecule has 0 atom stereocenters. The van der Waals surface area contributed by atoms with Crippen molar-refractivity contribution in [3.05, 3.63) is 60.9 Å². The van der Waals surface area contributed by atoms with E-state index in [1.807, 2.05) is 12.1 Å². The summed E-state index contributed by atoms with van der Waals surface area (Å²) in [5.41, 5.74) is 0. The second-order valence-corrected chi connectivity index (χ2v) is 9.32. The van der Waals surface area contributed by atoms with E-state index < -0.39 is 0 Å². The standard InChI is InChI=1S/C22H38O3.C7H8O2.C3H3N3/c1-3-5-7-9-11-13-18-24-21-17-15-16-20(23)22(21)25-19-14-12-10-8-6-4-2;1-9-7-5-3-2-4-6(7)8;1-2-4-6-5-3-1/h15-17,23H,3-14,18-19H2,1-2H3;2-5,8H,1H3;1-3H. The number of aromatic hydroxyl groups is 2. The van der Waals surface area contributed by atoms with Gasteiger partial charge in [-0.25, -0.2) is 0 Å². The van der Waals surface area contributed by atoms with Gasteiger partial charge >= 0.3 is 0 Å². The number of nitrogens with zero attached hydrogens (tertiary/aromatic N) is 3. The van der Waals surface area contributed by atoms with E-state index in [2.05, 4.69) is 29.3 Å². The lowest BCUT2D eigenvalue weighted by Gasteiger charge is -2.14. The van der Waals surface area contributed by atoms with Gasteiger partial charge in [-0.2, -0.15) is 0 Å². The lowest BCUT2D eigenvalue weighted by molar-refractivity contribution is 0.249. The second kappa shape index (κ2) is 24.5. The Morgan fingerprint density at radius 3 is 1.60 bits per heavy atom. The van der Waals surface area contributed by atoms with Crippen LogP contribution in [-0.4, -0.2) is 45.9 Å². The van der Waals surface area contributed by atoms with E-state index in [-0.39, 0.29) is 11.5 Å². The Labute approximate surface area is 240 Å². The SMILES string of the molecule is CCCCCCCCOc1cccc(O)c1OCCCCCCCC.COc1ccccc1O.c1cnnnc1. The number of ether oxygens (including phenoxy) is 3. The highest BCUT2D eigenvalue weighted by Crippen LogP contribution is 2.36. The number of methoxy groups -OCH3 is 1. The molecule has 0 saturated carbocycles. The van der Waals surface area contributed by atoms with Crippen molar-refractivity contribution in [3.8, 4) is 28.7 Å². The predicted octanol–water partition coefficient (Wildman–Crippen LogP) is 8.14. The lowest BCUT2D eigenvalue weighted by atomic mass is 10.1. The van der Waals surface area contributed by atoms with Crippen molar-refractivity contribution in [1.29, 1.82) is 0 Å². The van der Waals surface area contributed by atoms with Crippen molar-refractivity contribution in [2.75, 3.05) is 20.3 Å². The minimum atomic E-state index is 0.173. The predicted molar refractivity (Wildman–Crippen MR) is 160 cm³/mol. The summed E-state index contributed by atoms with van der Waals surface area (Å²) < 4.78 is 16.5. The minimum absolute atomic E-state index is 0.173. The zero-order valence-electron chi connectivity index (χ0n) is 24.6. The van der Waals surface area contributed by atoms with Gasteiger partial charge in [0.1, 0.15) is 0 Å². The smallest absolute Gasteiger partial charge is 0.203 e. The van der Waals surface area contributed by atoms with Crippen molar-refractivity contribution >= 4 is 0 Å². The summed E-state index contributed by atoms with van der Waals surface area (Å²) in [5, 5.41) is 29.2. The highest BCUT2D eigenvalue weighted by Gasteiger charge is 2.10. The van der Waals surface area contributed by atoms with Crippen LogP contribution in [-0.2, 0) is 0 Å². The van der Waals surface area contributed by atoms with Crippen molar-refractivity contribution in [3.63, 3.8) is 0 Å². The molecule has 2 N–H and O–H groups in total. The van der Waals surface area contributed by atoms with Gasteiger partial charge in [-0.05, 0) is 48.4 Å². The first-order valence-corrected chi connectivity index (χ1v) is 14.6. The van der Waals surface area contributed by atoms with Crippen molar-refractivity contribution in [2.45, 2.75) is 90.9 Å². The maximum atomic E-state index is 10.1. The lowest BCUT2D eigenvalue weighted by Crippen LogP contribution is -2.03. The molecule has 8 nitrogen and oxygen atoms in total. The van der Waals surface area contributed by atoms with Gasteiger partial charge in [0.05, 0.1) is 32.7 Å². The average molecular weight is 556 g/mol. The fourth-order valence-corrected chi connectivity index (χ4v) is 3.72. The van der Waals surface area contributed by atoms with Gasteiger partial charge in [0.2, 0.25) is 5.75 Å². The maximum Gasteiger partial charge on any atom is 0.203 e. The molecule has 0 unspecified atom stereocenters. The first-order chi connectivity index (χ1) is 19.6. The van der Waals surface area contributed by atoms with E-state index in [4.69, 9.17) is 19.3 Å². The van der Waals surface area contributed by atoms with Crippen molar-refractivity contribution in [2.24, 2.45) is 0 Å². The van der Waals surface area contributed by atoms with E-state index in [1.165, 1.54) is 71.3 Å². The molecule has 1 aromatic heterocycles. The molecule has 0 radical (unpaired) electrons. The number of unbranched alkanes of at least 4 members (excludes halogenated alkanes) is 10. The maximum absolute atomic E-state index is 10.1. The van der Waals surface area contributed by atoms with Crippen LogP contribution >= 0.6 is 0 Å². The Morgan fingerprint density at radius 1 is 0.575 bits per heavy atom. The first kappa shape index (κ1) is 34.5. The van der Waals surface area contributed by atoms with Gasteiger partial charge < -0.3 is 24.4 Å². The Kier molecular flexibility index (Phi) is 21.1. The molecule has 8 heteroatoms. The molecule has 2 aromatic carbocycles. The van der Waals surface area contributed by atoms with E-state index in [9.17, 15) is 5.11 Å². The summed E-state index contributed by atoms with van der Waals surface area (Å²) >= 11 is 0. The van der Waals surface area contributed by atoms with Crippen LogP contribution in [0.3, 0.4) is 0 Å². The number of aromatic nitrogens is 3. The van der Waals surface area contributed by atoms with E-state index in [0.717, 1.165) is 12.8 Å². The second-order valence-electron chi connectivity index (χ2n) is 9.32. The summed E-state index contributed by atoms with van der Waals surface area (Å²) in [7, 11) is 1.52. The van der Waals surface area contributed by atoms with Crippen LogP contribution < -0.4 is 14.2 Å². The van der Waals surface area contributed by atoms with Crippen LogP contribution in [0, 0.1) is 0 Å². The summed E-state index contributed by atoms with van der Waals surface area (Å²) in [4.78, 5) is 0. The molecule has 0 aliphatic heterocycles. The van der Waals surface area contributed by atoms with Crippen LogP contribution in [0.15, 0.2) is 60.9 Å². The summed E-state index contributed by atoms with van der Waals surface area (Å²) in [6, 6.07) is 13.9. The Morgan fingerprint density at radius 2 is 1.10 bits per heavy atom. The van der Waals surface area contributed by atoms with Gasteiger partial charge in [0.25, 0.3) is 0 Å². The monoisotopic (exact) mass is 555 g/mol. The van der Waals surface area contributed by atoms with Gasteiger partial charge in [-0.3, -0.25) is 0 Å². The summed E-state index contributed by atoms with van der Waals surface area (Å²) in [6.07, 6.45) is 18.0. The molecule has 3 rings (SSSR count). The van der Waals surface area contributed by atoms with Crippen molar-refractivity contribution < 1.29 is 24.4 Å². The van der Waals surface area contributed by atoms with Crippen LogP contribution in [0.5, 0.6) is 28.7 Å². The molecule has 3 aromatic rings. The zero-order chi connectivity index (χ0) is 29.1. The minimum Gasteiger partial charge on any atom is -0.504 e. The normalized spacial score (nSPS) is 9.97. The molecule has 0 saturated heterocycles. The van der Waals surface area contributed by atoms with Crippen LogP contribution in [0.4, 0.5) is 0 Å². The largest absolute Gasteiger partial charge is 0.504 e. The Balaban J connectivity index is 0.000000427. The fraction of sp³-hybridized carbons (Fsp3) is 0.531. The average Bonchev–Trinajstić information content (AvgIpc) is 2.99. The number of hydrogen-bond acceptors (Lipinski definition) is 8. The third kappa shape index (κ3) is 17.1. The van der Waals surface area contributed by atoms with Crippen LogP contribution in [0.25, 0.3) is 0 Å². The highest BCUT2D eigenvalue weighted by atomic mass is 16.5. The van der Waals surface area contributed by atoms with Gasteiger partial charge in [0.15, 0.2) is 23.0 Å². The number of rotatable bonds is 17. The molecule has 0 spiro atoms. The third-order valence-electron chi connectivity index (χ3n) is 5.95. The number of benzene rings is 2. The quantitative estimate of drug-likeness (QED) is 0.161. The summed E-state index contributed by atoms with van der Waals surface area (Å²) in [6.45, 7) is 5.78. The molecule has 0 bridgehead atoms. The van der Waals surface area contributed by atoms with Gasteiger partial charge in [-0.15, -0.1) is 10.2 Å². The van der Waals surface area contributed by atoms with E-state index in [0.29, 0.717) is 30.5 Å². The molecular weight excluding hydrogens is 506 g/mol. The molecule has 0 aliphatic rings. The van der Waals surface area contributed by atoms with E-state index >= 15 is 0 Å².